The molecule has 0 saturated carbocycles. The summed E-state index contributed by atoms with van der Waals surface area (Å²) in [6, 6.07) is 12.2. The van der Waals surface area contributed by atoms with Crippen molar-refractivity contribution in [1.29, 1.82) is 0 Å². The highest BCUT2D eigenvalue weighted by atomic mass is 32.2. The summed E-state index contributed by atoms with van der Waals surface area (Å²) in [5.74, 6) is 0.528. The lowest BCUT2D eigenvalue weighted by Crippen LogP contribution is -1.95. The van der Waals surface area contributed by atoms with Crippen LogP contribution in [0.2, 0.25) is 0 Å². The quantitative estimate of drug-likeness (QED) is 0.785. The highest BCUT2D eigenvalue weighted by Gasteiger charge is 2.14. The minimum Gasteiger partial charge on any atom is -0.383 e. The van der Waals surface area contributed by atoms with E-state index in [9.17, 15) is 0 Å². The predicted octanol–water partition coefficient (Wildman–Crippen LogP) is 4.25. The molecular formula is C15H13N3S2. The summed E-state index contributed by atoms with van der Waals surface area (Å²) >= 11 is 3.28. The molecule has 0 aliphatic carbocycles. The second kappa shape index (κ2) is 5.64. The standard InChI is InChI=1S/C15H13N3S2/c1-10-9-19-15(18-10)13-12(7-8-17-14(13)16)20-11-5-3-2-4-6-11/h2-9H,1H3,(H2,16,17). The number of hydrogen-bond donors (Lipinski definition) is 1. The number of anilines is 1. The molecule has 0 saturated heterocycles. The molecule has 1 aromatic carbocycles. The summed E-state index contributed by atoms with van der Waals surface area (Å²) < 4.78 is 0. The number of aryl methyl sites for hydroxylation is 1. The number of nitrogens with two attached hydrogens (primary N) is 1. The zero-order chi connectivity index (χ0) is 13.9. The molecule has 0 radical (unpaired) electrons. The monoisotopic (exact) mass is 299 g/mol. The molecular weight excluding hydrogens is 286 g/mol. The Kier molecular flexibility index (Phi) is 3.71. The van der Waals surface area contributed by atoms with E-state index in [1.165, 1.54) is 4.90 Å². The SMILES string of the molecule is Cc1csc(-c2c(Sc3ccccc3)ccnc2N)n1. The minimum absolute atomic E-state index is 0.528. The van der Waals surface area contributed by atoms with Crippen LogP contribution in [-0.4, -0.2) is 9.97 Å². The van der Waals surface area contributed by atoms with E-state index >= 15 is 0 Å². The van der Waals surface area contributed by atoms with Gasteiger partial charge in [0.2, 0.25) is 0 Å². The third-order valence-corrected chi connectivity index (χ3v) is 4.79. The van der Waals surface area contributed by atoms with Gasteiger partial charge < -0.3 is 5.73 Å². The van der Waals surface area contributed by atoms with Crippen LogP contribution in [0.4, 0.5) is 5.82 Å². The van der Waals surface area contributed by atoms with E-state index in [1.54, 1.807) is 29.3 Å². The smallest absolute Gasteiger partial charge is 0.134 e. The lowest BCUT2D eigenvalue weighted by Gasteiger charge is -2.08. The van der Waals surface area contributed by atoms with Crippen LogP contribution in [-0.2, 0) is 0 Å². The summed E-state index contributed by atoms with van der Waals surface area (Å²) in [7, 11) is 0. The van der Waals surface area contributed by atoms with Gasteiger partial charge in [-0.15, -0.1) is 11.3 Å². The molecule has 2 heterocycles. The molecule has 0 atom stereocenters. The van der Waals surface area contributed by atoms with Crippen molar-refractivity contribution in [3.8, 4) is 10.6 Å². The van der Waals surface area contributed by atoms with Crippen LogP contribution in [0.3, 0.4) is 0 Å². The van der Waals surface area contributed by atoms with Crippen molar-refractivity contribution in [1.82, 2.24) is 9.97 Å². The van der Waals surface area contributed by atoms with E-state index in [2.05, 4.69) is 22.1 Å². The first kappa shape index (κ1) is 13.1. The van der Waals surface area contributed by atoms with Gasteiger partial charge in [-0.3, -0.25) is 0 Å². The first-order valence-corrected chi connectivity index (χ1v) is 7.83. The predicted molar refractivity (Wildman–Crippen MR) is 85.1 cm³/mol. The van der Waals surface area contributed by atoms with Crippen LogP contribution in [0.15, 0.2) is 57.8 Å². The van der Waals surface area contributed by atoms with Crippen molar-refractivity contribution in [2.24, 2.45) is 0 Å². The molecule has 3 aromatic rings. The number of nitrogen functional groups attached to an aromatic ring is 1. The van der Waals surface area contributed by atoms with Gasteiger partial charge in [0.1, 0.15) is 10.8 Å². The molecule has 0 aliphatic rings. The summed E-state index contributed by atoms with van der Waals surface area (Å²) in [6.07, 6.45) is 1.74. The van der Waals surface area contributed by atoms with Crippen LogP contribution in [0.25, 0.3) is 10.6 Å². The average molecular weight is 299 g/mol. The number of benzene rings is 1. The van der Waals surface area contributed by atoms with E-state index in [0.29, 0.717) is 5.82 Å². The molecule has 100 valence electrons. The summed E-state index contributed by atoms with van der Waals surface area (Å²) in [4.78, 5) is 11.0. The Labute approximate surface area is 125 Å². The van der Waals surface area contributed by atoms with E-state index < -0.39 is 0 Å². The maximum atomic E-state index is 6.06. The molecule has 0 amide bonds. The van der Waals surface area contributed by atoms with Crippen LogP contribution < -0.4 is 5.73 Å². The number of rotatable bonds is 3. The molecule has 3 rings (SSSR count). The molecule has 2 N–H and O–H groups in total. The van der Waals surface area contributed by atoms with Gasteiger partial charge in [0.25, 0.3) is 0 Å². The molecule has 0 bridgehead atoms. The average Bonchev–Trinajstić information content (AvgIpc) is 2.86. The Morgan fingerprint density at radius 1 is 1.15 bits per heavy atom. The number of hydrogen-bond acceptors (Lipinski definition) is 5. The minimum atomic E-state index is 0.528. The fraction of sp³-hybridized carbons (Fsp3) is 0.0667. The first-order chi connectivity index (χ1) is 9.74. The highest BCUT2D eigenvalue weighted by Crippen LogP contribution is 2.39. The Hall–Kier alpha value is -1.85. The van der Waals surface area contributed by atoms with Crippen molar-refractivity contribution >= 4 is 28.9 Å². The van der Waals surface area contributed by atoms with Crippen molar-refractivity contribution in [3.63, 3.8) is 0 Å². The number of pyridine rings is 1. The first-order valence-electron chi connectivity index (χ1n) is 6.14. The fourth-order valence-electron chi connectivity index (χ4n) is 1.84. The molecule has 2 aromatic heterocycles. The molecule has 0 aliphatic heterocycles. The molecule has 20 heavy (non-hydrogen) atoms. The van der Waals surface area contributed by atoms with E-state index in [4.69, 9.17) is 5.73 Å². The Morgan fingerprint density at radius 2 is 1.95 bits per heavy atom. The van der Waals surface area contributed by atoms with Crippen molar-refractivity contribution in [3.05, 3.63) is 53.7 Å². The van der Waals surface area contributed by atoms with Crippen LogP contribution >= 0.6 is 23.1 Å². The number of thiazole rings is 1. The number of nitrogens with zero attached hydrogens (tertiary/aromatic N) is 2. The lowest BCUT2D eigenvalue weighted by molar-refractivity contribution is 1.22. The zero-order valence-corrected chi connectivity index (χ0v) is 12.5. The largest absolute Gasteiger partial charge is 0.383 e. The molecule has 0 fully saturated rings. The summed E-state index contributed by atoms with van der Waals surface area (Å²) in [6.45, 7) is 1.98. The van der Waals surface area contributed by atoms with Gasteiger partial charge >= 0.3 is 0 Å². The van der Waals surface area contributed by atoms with Crippen LogP contribution in [0.1, 0.15) is 5.69 Å². The van der Waals surface area contributed by atoms with Crippen molar-refractivity contribution in [2.75, 3.05) is 5.73 Å². The van der Waals surface area contributed by atoms with Crippen molar-refractivity contribution < 1.29 is 0 Å². The van der Waals surface area contributed by atoms with Gasteiger partial charge in [0.05, 0.1) is 5.56 Å². The van der Waals surface area contributed by atoms with E-state index in [1.807, 2.05) is 36.6 Å². The Balaban J connectivity index is 2.05. The van der Waals surface area contributed by atoms with Gasteiger partial charge in [-0.1, -0.05) is 30.0 Å². The van der Waals surface area contributed by atoms with E-state index in [-0.39, 0.29) is 0 Å². The summed E-state index contributed by atoms with van der Waals surface area (Å²) in [5, 5.41) is 2.95. The molecule has 3 nitrogen and oxygen atoms in total. The molecule has 0 spiro atoms. The second-order valence-corrected chi connectivity index (χ2v) is 6.25. The topological polar surface area (TPSA) is 51.8 Å². The Morgan fingerprint density at radius 3 is 2.65 bits per heavy atom. The highest BCUT2D eigenvalue weighted by molar-refractivity contribution is 7.99. The van der Waals surface area contributed by atoms with Gasteiger partial charge in [0.15, 0.2) is 0 Å². The fourth-order valence-corrected chi connectivity index (χ4v) is 3.75. The lowest BCUT2D eigenvalue weighted by atomic mass is 10.2. The van der Waals surface area contributed by atoms with Crippen LogP contribution in [0.5, 0.6) is 0 Å². The third-order valence-electron chi connectivity index (χ3n) is 2.75. The van der Waals surface area contributed by atoms with Gasteiger partial charge in [0, 0.05) is 27.1 Å². The van der Waals surface area contributed by atoms with Crippen LogP contribution in [0, 0.1) is 6.92 Å². The van der Waals surface area contributed by atoms with E-state index in [0.717, 1.165) is 21.2 Å². The third kappa shape index (κ3) is 2.69. The molecule has 5 heteroatoms. The maximum Gasteiger partial charge on any atom is 0.134 e. The van der Waals surface area contributed by atoms with Gasteiger partial charge in [-0.25, -0.2) is 9.97 Å². The van der Waals surface area contributed by atoms with Gasteiger partial charge in [-0.2, -0.15) is 0 Å². The molecule has 0 unspecified atom stereocenters. The Bertz CT molecular complexity index is 723. The zero-order valence-electron chi connectivity index (χ0n) is 10.9. The normalized spacial score (nSPS) is 10.7. The van der Waals surface area contributed by atoms with Crippen molar-refractivity contribution in [2.45, 2.75) is 16.7 Å². The second-order valence-electron chi connectivity index (χ2n) is 4.28. The summed E-state index contributed by atoms with van der Waals surface area (Å²) in [5.41, 5.74) is 7.99. The maximum absolute atomic E-state index is 6.06. The number of aromatic nitrogens is 2. The van der Waals surface area contributed by atoms with Gasteiger partial charge in [-0.05, 0) is 25.1 Å².